The van der Waals surface area contributed by atoms with Crippen LogP contribution in [0, 0.1) is 17.3 Å². The number of aromatic nitrogens is 2. The average molecular weight is 464 g/mol. The number of β-lactam (4-membered cyclic amide) rings is 1. The fourth-order valence-corrected chi connectivity index (χ4v) is 6.01. The molecule has 9 nitrogen and oxygen atoms in total. The Morgan fingerprint density at radius 2 is 2.06 bits per heavy atom. The van der Waals surface area contributed by atoms with Gasteiger partial charge in [0.25, 0.3) is 0 Å². The van der Waals surface area contributed by atoms with Gasteiger partial charge in [0.15, 0.2) is 0 Å². The second-order valence-corrected chi connectivity index (χ2v) is 11.0. The molecule has 0 radical (unpaired) electrons. The molecule has 1 aromatic rings. The average Bonchev–Trinajstić information content (AvgIpc) is 3.33. The molecule has 32 heavy (non-hydrogen) atoms. The molecule has 0 aliphatic carbocycles. The number of hydrogen-bond donors (Lipinski definition) is 1. The van der Waals surface area contributed by atoms with Crippen LogP contribution >= 0.6 is 11.8 Å². The van der Waals surface area contributed by atoms with Crippen LogP contribution in [0.5, 0.6) is 0 Å². The topological polar surface area (TPSA) is 111 Å². The first kappa shape index (κ1) is 22.8. The molecule has 5 atom stereocenters. The van der Waals surface area contributed by atoms with Gasteiger partial charge in [0.1, 0.15) is 11.5 Å². The lowest BCUT2D eigenvalue weighted by Gasteiger charge is -2.46. The quantitative estimate of drug-likeness (QED) is 0.386. The van der Waals surface area contributed by atoms with Crippen molar-refractivity contribution in [2.45, 2.75) is 65.0 Å². The maximum atomic E-state index is 13.0. The zero-order chi connectivity index (χ0) is 23.4. The van der Waals surface area contributed by atoms with E-state index in [0.717, 1.165) is 23.7 Å². The van der Waals surface area contributed by atoms with Gasteiger partial charge in [0.05, 0.1) is 23.5 Å². The van der Waals surface area contributed by atoms with Gasteiger partial charge in [-0.15, -0.1) is 11.8 Å². The second kappa shape index (κ2) is 8.22. The number of esters is 2. The lowest BCUT2D eigenvalue weighted by atomic mass is 9.79. The molecular weight excluding hydrogens is 434 g/mol. The van der Waals surface area contributed by atoms with Gasteiger partial charge in [-0.2, -0.15) is 0 Å². The van der Waals surface area contributed by atoms with Crippen molar-refractivity contribution in [3.63, 3.8) is 0 Å². The lowest BCUT2D eigenvalue weighted by Crippen LogP contribution is -2.63. The van der Waals surface area contributed by atoms with Crippen LogP contribution in [0.4, 0.5) is 0 Å². The van der Waals surface area contributed by atoms with Crippen LogP contribution in [-0.2, 0) is 36.8 Å². The first-order valence-corrected chi connectivity index (χ1v) is 11.6. The van der Waals surface area contributed by atoms with Crippen molar-refractivity contribution in [2.24, 2.45) is 17.3 Å². The van der Waals surface area contributed by atoms with Crippen LogP contribution in [0.3, 0.4) is 0 Å². The van der Waals surface area contributed by atoms with Gasteiger partial charge < -0.3 is 24.0 Å². The number of fused-ring (bicyclic) bond motifs is 2. The second-order valence-electron chi connectivity index (χ2n) is 9.64. The largest absolute Gasteiger partial charge is 0.427 e. The highest BCUT2D eigenvalue weighted by Gasteiger charge is 2.60. The summed E-state index contributed by atoms with van der Waals surface area (Å²) < 4.78 is 12.4. The highest BCUT2D eigenvalue weighted by atomic mass is 32.2. The maximum absolute atomic E-state index is 13.0. The molecule has 4 rings (SSSR count). The normalized spacial score (nSPS) is 27.7. The Labute approximate surface area is 191 Å². The number of imidazole rings is 1. The van der Waals surface area contributed by atoms with Crippen molar-refractivity contribution in [2.75, 3.05) is 6.79 Å². The molecule has 1 amide bonds. The van der Waals surface area contributed by atoms with E-state index in [9.17, 15) is 19.5 Å². The number of hydrogen-bond acceptors (Lipinski definition) is 8. The summed E-state index contributed by atoms with van der Waals surface area (Å²) in [6, 6.07) is -0.289. The van der Waals surface area contributed by atoms with Gasteiger partial charge in [-0.3, -0.25) is 9.59 Å². The molecule has 0 aromatic carbocycles. The summed E-state index contributed by atoms with van der Waals surface area (Å²) in [7, 11) is 0. The first-order chi connectivity index (χ1) is 15.0. The minimum Gasteiger partial charge on any atom is -0.427 e. The third-order valence-corrected chi connectivity index (χ3v) is 7.67. The summed E-state index contributed by atoms with van der Waals surface area (Å²) >= 11 is 1.56. The van der Waals surface area contributed by atoms with Crippen molar-refractivity contribution < 1.29 is 29.0 Å². The number of carbonyl (C=O) groups is 3. The summed E-state index contributed by atoms with van der Waals surface area (Å²) in [6.45, 7) is 8.93. The van der Waals surface area contributed by atoms with Crippen molar-refractivity contribution in [1.82, 2.24) is 14.5 Å². The number of carbonyl (C=O) groups excluding carboxylic acids is 3. The molecule has 3 aliphatic heterocycles. The molecule has 1 aromatic heterocycles. The van der Waals surface area contributed by atoms with E-state index in [1.165, 1.54) is 4.90 Å². The predicted octanol–water partition coefficient (Wildman–Crippen LogP) is 1.70. The zero-order valence-electron chi connectivity index (χ0n) is 18.9. The smallest absolute Gasteiger partial charge is 0.358 e. The Balaban J connectivity index is 1.53. The molecule has 4 heterocycles. The summed E-state index contributed by atoms with van der Waals surface area (Å²) in [5.74, 6) is -1.15. The van der Waals surface area contributed by atoms with Crippen molar-refractivity contribution >= 4 is 29.6 Å². The standard InChI is InChI=1S/C22H29N3O6S/c1-11-16-15(12(2)26)19(27)25(16)17(20(28)30-10-31-21(29)22(3,4)5)18(11)32-13-8-14-23-6-7-24(14)9-13/h6-7,11-13,15-16,26H,8-10H2,1-5H3/t11-,12-,13?,15-,16-/m1/s1. The molecule has 0 spiro atoms. The molecule has 0 saturated carbocycles. The number of thioether (sulfide) groups is 1. The monoisotopic (exact) mass is 463 g/mol. The van der Waals surface area contributed by atoms with Gasteiger partial charge in [-0.1, -0.05) is 6.92 Å². The molecule has 0 bridgehead atoms. The summed E-state index contributed by atoms with van der Waals surface area (Å²) in [5.41, 5.74) is -0.518. The van der Waals surface area contributed by atoms with Crippen LogP contribution in [0.2, 0.25) is 0 Å². The molecule has 174 valence electrons. The van der Waals surface area contributed by atoms with E-state index in [-0.39, 0.29) is 28.8 Å². The maximum Gasteiger partial charge on any atom is 0.358 e. The molecule has 1 unspecified atom stereocenters. The number of ether oxygens (including phenoxy) is 2. The Bertz CT molecular complexity index is 958. The van der Waals surface area contributed by atoms with Crippen molar-refractivity contribution in [3.8, 4) is 0 Å². The predicted molar refractivity (Wildman–Crippen MR) is 116 cm³/mol. The van der Waals surface area contributed by atoms with E-state index < -0.39 is 36.2 Å². The van der Waals surface area contributed by atoms with Gasteiger partial charge in [-0.25, -0.2) is 9.78 Å². The zero-order valence-corrected chi connectivity index (χ0v) is 19.7. The van der Waals surface area contributed by atoms with Crippen LogP contribution in [0.1, 0.15) is 40.4 Å². The summed E-state index contributed by atoms with van der Waals surface area (Å²) in [4.78, 5) is 44.4. The molecular formula is C22H29N3O6S. The fraction of sp³-hybridized carbons (Fsp3) is 0.636. The van der Waals surface area contributed by atoms with E-state index in [2.05, 4.69) is 9.55 Å². The third kappa shape index (κ3) is 3.83. The van der Waals surface area contributed by atoms with Crippen LogP contribution in [0.15, 0.2) is 23.0 Å². The number of aliphatic hydroxyl groups is 1. The summed E-state index contributed by atoms with van der Waals surface area (Å²) in [6.07, 6.45) is 3.66. The van der Waals surface area contributed by atoms with E-state index >= 15 is 0 Å². The number of aliphatic hydroxyl groups excluding tert-OH is 1. The van der Waals surface area contributed by atoms with E-state index in [1.54, 1.807) is 45.7 Å². The number of nitrogens with zero attached hydrogens (tertiary/aromatic N) is 3. The fourth-order valence-electron chi connectivity index (χ4n) is 4.53. The minimum atomic E-state index is -0.808. The molecule has 1 saturated heterocycles. The first-order valence-electron chi connectivity index (χ1n) is 10.8. The SMILES string of the molecule is C[C@@H](O)[C@H]1C(=O)N2C(C(=O)OCOC(=O)C(C)(C)C)=C(SC3Cc4nccn4C3)[C@H](C)[C@H]12. The highest BCUT2D eigenvalue weighted by Crippen LogP contribution is 2.52. The Hall–Kier alpha value is -2.33. The highest BCUT2D eigenvalue weighted by molar-refractivity contribution is 8.03. The molecule has 10 heteroatoms. The van der Waals surface area contributed by atoms with Gasteiger partial charge in [0.2, 0.25) is 12.7 Å². The van der Waals surface area contributed by atoms with E-state index in [1.807, 2.05) is 13.1 Å². The third-order valence-electron chi connectivity index (χ3n) is 6.20. The van der Waals surface area contributed by atoms with Crippen LogP contribution in [0.25, 0.3) is 0 Å². The van der Waals surface area contributed by atoms with Crippen molar-refractivity contribution in [1.29, 1.82) is 0 Å². The van der Waals surface area contributed by atoms with E-state index in [0.29, 0.717) is 0 Å². The van der Waals surface area contributed by atoms with Crippen LogP contribution < -0.4 is 0 Å². The molecule has 3 aliphatic rings. The van der Waals surface area contributed by atoms with Gasteiger partial charge in [0, 0.05) is 41.4 Å². The lowest BCUT2D eigenvalue weighted by molar-refractivity contribution is -0.175. The summed E-state index contributed by atoms with van der Waals surface area (Å²) in [5, 5.41) is 10.3. The molecule has 1 fully saturated rings. The van der Waals surface area contributed by atoms with Gasteiger partial charge in [-0.05, 0) is 27.7 Å². The minimum absolute atomic E-state index is 0.120. The number of rotatable bonds is 6. The molecule has 1 N–H and O–H groups in total. The van der Waals surface area contributed by atoms with Crippen molar-refractivity contribution in [3.05, 3.63) is 28.8 Å². The van der Waals surface area contributed by atoms with E-state index in [4.69, 9.17) is 9.47 Å². The van der Waals surface area contributed by atoms with Gasteiger partial charge >= 0.3 is 11.9 Å². The Kier molecular flexibility index (Phi) is 5.87. The Morgan fingerprint density at radius 3 is 2.69 bits per heavy atom. The Morgan fingerprint density at radius 1 is 1.34 bits per heavy atom. The number of amides is 1. The van der Waals surface area contributed by atoms with Crippen LogP contribution in [-0.4, -0.2) is 61.6 Å².